The fraction of sp³-hybridized carbons (Fsp3) is 0. The molecule has 0 fully saturated rings. The van der Waals surface area contributed by atoms with Gasteiger partial charge in [0, 0.05) is 12.1 Å². The summed E-state index contributed by atoms with van der Waals surface area (Å²) in [5.74, 6) is 0. The van der Waals surface area contributed by atoms with Crippen molar-refractivity contribution in [3.8, 4) is 0 Å². The lowest BCUT2D eigenvalue weighted by atomic mass is 10.3. The van der Waals surface area contributed by atoms with E-state index in [0.29, 0.717) is 15.1 Å². The highest BCUT2D eigenvalue weighted by molar-refractivity contribution is 6.47. The van der Waals surface area contributed by atoms with Crippen LogP contribution in [0.1, 0.15) is 0 Å². The second-order valence-corrected chi connectivity index (χ2v) is 4.32. The predicted molar refractivity (Wildman–Crippen MR) is 74.6 cm³/mol. The molecule has 0 radical (unpaired) electrons. The largest absolute Gasteiger partial charge is 0.269 e. The molecule has 0 aliphatic heterocycles. The van der Waals surface area contributed by atoms with Crippen LogP contribution in [0.3, 0.4) is 0 Å². The van der Waals surface area contributed by atoms with Gasteiger partial charge < -0.3 is 0 Å². The van der Waals surface area contributed by atoms with Crippen molar-refractivity contribution in [2.24, 2.45) is 0 Å². The summed E-state index contributed by atoms with van der Waals surface area (Å²) < 4.78 is 0. The Bertz CT molecular complexity index is 512. The van der Waals surface area contributed by atoms with Gasteiger partial charge in [-0.15, -0.1) is 0 Å². The number of nitro groups is 1. The number of hydrogen-bond donors (Lipinski definition) is 0. The summed E-state index contributed by atoms with van der Waals surface area (Å²) in [7, 11) is 0. The second-order valence-electron chi connectivity index (χ2n) is 3.13. The highest BCUT2D eigenvalue weighted by atomic mass is 35.5. The van der Waals surface area contributed by atoms with Crippen LogP contribution in [-0.2, 0) is 0 Å². The van der Waals surface area contributed by atoms with Gasteiger partial charge in [-0.2, -0.15) is 0 Å². The van der Waals surface area contributed by atoms with Gasteiger partial charge in [0.2, 0.25) is 0 Å². The van der Waals surface area contributed by atoms with Gasteiger partial charge in [-0.05, 0) is 12.1 Å². The minimum Gasteiger partial charge on any atom is -0.258 e. The summed E-state index contributed by atoms with van der Waals surface area (Å²) >= 11 is 16.8. The number of rotatable bonds is 1. The standard InChI is InChI=1S/C6H3Cl3.C6H5NO2/c7-4-2-1-3-5(8)6(4)9;8-7(9)6-4-2-1-3-5-6/h1-3H;1-5H. The minimum absolute atomic E-state index is 0.137. The van der Waals surface area contributed by atoms with Gasteiger partial charge >= 0.3 is 0 Å². The molecule has 6 heteroatoms. The summed E-state index contributed by atoms with van der Waals surface area (Å²) in [6.45, 7) is 0. The lowest BCUT2D eigenvalue weighted by molar-refractivity contribution is -0.384. The number of hydrogen-bond acceptors (Lipinski definition) is 2. The summed E-state index contributed by atoms with van der Waals surface area (Å²) in [5, 5.41) is 11.4. The number of halogens is 3. The molecule has 3 nitrogen and oxygen atoms in total. The first kappa shape index (κ1) is 14.8. The minimum atomic E-state index is -0.417. The molecule has 0 bridgehead atoms. The Kier molecular flexibility index (Phi) is 5.92. The van der Waals surface area contributed by atoms with E-state index in [2.05, 4.69) is 0 Å². The van der Waals surface area contributed by atoms with Crippen LogP contribution in [0.5, 0.6) is 0 Å². The summed E-state index contributed by atoms with van der Waals surface area (Å²) in [6, 6.07) is 13.1. The Morgan fingerprint density at radius 3 is 1.67 bits per heavy atom. The van der Waals surface area contributed by atoms with E-state index in [1.54, 1.807) is 36.4 Å². The number of nitro benzene ring substituents is 1. The SMILES string of the molecule is Clc1cccc(Cl)c1Cl.O=[N+]([O-])c1ccccc1. The third kappa shape index (κ3) is 4.53. The first-order valence-corrected chi connectivity index (χ1v) is 5.94. The van der Waals surface area contributed by atoms with Gasteiger partial charge in [-0.1, -0.05) is 59.1 Å². The van der Waals surface area contributed by atoms with Crippen LogP contribution in [0.2, 0.25) is 15.1 Å². The van der Waals surface area contributed by atoms with Crippen LogP contribution in [0.4, 0.5) is 5.69 Å². The van der Waals surface area contributed by atoms with E-state index in [0.717, 1.165) is 0 Å². The quantitative estimate of drug-likeness (QED) is 0.410. The van der Waals surface area contributed by atoms with Gasteiger partial charge in [0.25, 0.3) is 5.69 Å². The third-order valence-electron chi connectivity index (χ3n) is 1.87. The molecule has 0 atom stereocenters. The van der Waals surface area contributed by atoms with Crippen molar-refractivity contribution in [1.82, 2.24) is 0 Å². The molecular formula is C12H8Cl3NO2. The van der Waals surface area contributed by atoms with Crippen LogP contribution in [0.25, 0.3) is 0 Å². The average molecular weight is 305 g/mol. The monoisotopic (exact) mass is 303 g/mol. The molecule has 0 saturated carbocycles. The molecule has 0 aromatic heterocycles. The van der Waals surface area contributed by atoms with E-state index >= 15 is 0 Å². The molecule has 0 aliphatic rings. The zero-order valence-corrected chi connectivity index (χ0v) is 11.3. The number of benzene rings is 2. The van der Waals surface area contributed by atoms with Gasteiger partial charge in [0.05, 0.1) is 20.0 Å². The zero-order valence-electron chi connectivity index (χ0n) is 9.02. The summed E-state index contributed by atoms with van der Waals surface area (Å²) in [5.41, 5.74) is 0.137. The van der Waals surface area contributed by atoms with Crippen LogP contribution in [0, 0.1) is 10.1 Å². The fourth-order valence-electron chi connectivity index (χ4n) is 1.03. The lowest BCUT2D eigenvalue weighted by Gasteiger charge is -1.94. The number of nitrogens with zero attached hydrogens (tertiary/aromatic N) is 1. The van der Waals surface area contributed by atoms with Crippen molar-refractivity contribution >= 4 is 40.5 Å². The molecule has 18 heavy (non-hydrogen) atoms. The normalized spacial score (nSPS) is 9.28. The van der Waals surface area contributed by atoms with Gasteiger partial charge in [-0.3, -0.25) is 10.1 Å². The Morgan fingerprint density at radius 1 is 0.833 bits per heavy atom. The number of non-ortho nitro benzene ring substituents is 1. The smallest absolute Gasteiger partial charge is 0.258 e. The molecule has 2 aromatic rings. The molecule has 0 saturated heterocycles. The molecule has 0 amide bonds. The first-order valence-electron chi connectivity index (χ1n) is 4.81. The van der Waals surface area contributed by atoms with E-state index in [1.807, 2.05) is 0 Å². The van der Waals surface area contributed by atoms with Crippen LogP contribution in [0.15, 0.2) is 48.5 Å². The fourth-order valence-corrected chi connectivity index (χ4v) is 1.55. The Balaban J connectivity index is 0.000000180. The highest BCUT2D eigenvalue weighted by Gasteiger charge is 1.99. The van der Waals surface area contributed by atoms with Crippen molar-refractivity contribution in [3.63, 3.8) is 0 Å². The predicted octanol–water partition coefficient (Wildman–Crippen LogP) is 5.24. The van der Waals surface area contributed by atoms with Gasteiger partial charge in [-0.25, -0.2) is 0 Å². The van der Waals surface area contributed by atoms with Crippen LogP contribution >= 0.6 is 34.8 Å². The van der Waals surface area contributed by atoms with Gasteiger partial charge in [0.1, 0.15) is 0 Å². The Morgan fingerprint density at radius 2 is 1.33 bits per heavy atom. The van der Waals surface area contributed by atoms with Crippen molar-refractivity contribution in [2.75, 3.05) is 0 Å². The molecule has 2 rings (SSSR count). The van der Waals surface area contributed by atoms with E-state index in [9.17, 15) is 10.1 Å². The number of para-hydroxylation sites is 1. The Hall–Kier alpha value is -1.29. The van der Waals surface area contributed by atoms with Crippen LogP contribution in [-0.4, -0.2) is 4.92 Å². The zero-order chi connectivity index (χ0) is 13.5. The molecule has 0 N–H and O–H groups in total. The second kappa shape index (κ2) is 7.21. The molecule has 0 aliphatic carbocycles. The van der Waals surface area contributed by atoms with Crippen molar-refractivity contribution in [2.45, 2.75) is 0 Å². The van der Waals surface area contributed by atoms with Crippen molar-refractivity contribution in [3.05, 3.63) is 73.7 Å². The maximum absolute atomic E-state index is 10.0. The third-order valence-corrected chi connectivity index (χ3v) is 3.10. The van der Waals surface area contributed by atoms with E-state index in [1.165, 1.54) is 12.1 Å². The summed E-state index contributed by atoms with van der Waals surface area (Å²) in [4.78, 5) is 9.59. The summed E-state index contributed by atoms with van der Waals surface area (Å²) in [6.07, 6.45) is 0. The molecule has 0 unspecified atom stereocenters. The highest BCUT2D eigenvalue weighted by Crippen LogP contribution is 2.28. The van der Waals surface area contributed by atoms with Crippen LogP contribution < -0.4 is 0 Å². The Labute approximate surface area is 119 Å². The lowest BCUT2D eigenvalue weighted by Crippen LogP contribution is -1.84. The average Bonchev–Trinajstić information content (AvgIpc) is 2.38. The van der Waals surface area contributed by atoms with Crippen molar-refractivity contribution in [1.29, 1.82) is 0 Å². The maximum atomic E-state index is 10.0. The van der Waals surface area contributed by atoms with Crippen molar-refractivity contribution < 1.29 is 4.92 Å². The van der Waals surface area contributed by atoms with E-state index < -0.39 is 4.92 Å². The molecule has 0 heterocycles. The molecule has 2 aromatic carbocycles. The molecular weight excluding hydrogens is 296 g/mol. The van der Waals surface area contributed by atoms with E-state index in [4.69, 9.17) is 34.8 Å². The molecule has 94 valence electrons. The maximum Gasteiger partial charge on any atom is 0.269 e. The first-order chi connectivity index (χ1) is 8.52. The van der Waals surface area contributed by atoms with Gasteiger partial charge in [0.15, 0.2) is 0 Å². The van der Waals surface area contributed by atoms with E-state index in [-0.39, 0.29) is 5.69 Å². The molecule has 0 spiro atoms. The topological polar surface area (TPSA) is 43.1 Å².